The lowest BCUT2D eigenvalue weighted by atomic mass is 10.3. The lowest BCUT2D eigenvalue weighted by Gasteiger charge is -2.12. The van der Waals surface area contributed by atoms with Gasteiger partial charge in [-0.05, 0) is 38.1 Å². The lowest BCUT2D eigenvalue weighted by molar-refractivity contribution is -0.115. The quantitative estimate of drug-likeness (QED) is 0.621. The summed E-state index contributed by atoms with van der Waals surface area (Å²) in [5.74, 6) is 1.93. The van der Waals surface area contributed by atoms with Crippen LogP contribution in [0, 0.1) is 6.92 Å². The molecule has 1 aliphatic carbocycles. The van der Waals surface area contributed by atoms with Crippen molar-refractivity contribution in [1.82, 2.24) is 19.9 Å². The molecule has 0 saturated heterocycles. The minimum absolute atomic E-state index is 0.131. The first-order valence-electron chi connectivity index (χ1n) is 8.47. The predicted octanol–water partition coefficient (Wildman–Crippen LogP) is 3.68. The van der Waals surface area contributed by atoms with E-state index in [0.717, 1.165) is 30.2 Å². The summed E-state index contributed by atoms with van der Waals surface area (Å²) in [6, 6.07) is 6.31. The van der Waals surface area contributed by atoms with Gasteiger partial charge in [-0.2, -0.15) is 0 Å². The van der Waals surface area contributed by atoms with Crippen LogP contribution < -0.4 is 5.32 Å². The van der Waals surface area contributed by atoms with Crippen molar-refractivity contribution in [2.75, 3.05) is 5.32 Å². The Morgan fingerprint density at radius 2 is 2.35 bits per heavy atom. The van der Waals surface area contributed by atoms with E-state index < -0.39 is 0 Å². The Balaban J connectivity index is 1.47. The molecule has 3 aromatic rings. The second-order valence-electron chi connectivity index (χ2n) is 6.33. The highest BCUT2D eigenvalue weighted by Crippen LogP contribution is 2.40. The smallest absolute Gasteiger partial charge is 0.238 e. The molecule has 1 N–H and O–H groups in total. The molecular weight excluding hydrogens is 370 g/mol. The largest absolute Gasteiger partial charge is 0.360 e. The van der Waals surface area contributed by atoms with Gasteiger partial charge in [0.2, 0.25) is 5.91 Å². The van der Waals surface area contributed by atoms with Crippen molar-refractivity contribution in [3.05, 3.63) is 40.0 Å². The van der Waals surface area contributed by atoms with Crippen LogP contribution in [0.2, 0.25) is 0 Å². The van der Waals surface area contributed by atoms with Crippen molar-refractivity contribution < 1.29 is 9.32 Å². The molecule has 0 spiro atoms. The van der Waals surface area contributed by atoms with Crippen molar-refractivity contribution in [2.24, 2.45) is 0 Å². The number of hydrogen-bond donors (Lipinski definition) is 1. The van der Waals surface area contributed by atoms with Gasteiger partial charge in [0.25, 0.3) is 0 Å². The number of aryl methyl sites for hydroxylation is 1. The average Bonchev–Trinajstić information content (AvgIpc) is 2.98. The number of rotatable bonds is 7. The Kier molecular flexibility index (Phi) is 4.82. The van der Waals surface area contributed by atoms with Crippen LogP contribution in [0.3, 0.4) is 0 Å². The Labute approximate surface area is 159 Å². The molecule has 26 heavy (non-hydrogen) atoms. The molecule has 0 radical (unpaired) electrons. The molecule has 1 fully saturated rings. The molecule has 4 rings (SSSR count). The van der Waals surface area contributed by atoms with E-state index in [0.29, 0.717) is 17.6 Å². The maximum Gasteiger partial charge on any atom is 0.238 e. The van der Waals surface area contributed by atoms with E-state index in [1.807, 2.05) is 13.0 Å². The zero-order valence-corrected chi connectivity index (χ0v) is 16.1. The maximum atomic E-state index is 12.4. The predicted molar refractivity (Wildman–Crippen MR) is 101 cm³/mol. The highest BCUT2D eigenvalue weighted by molar-refractivity contribution is 8.00. The summed E-state index contributed by atoms with van der Waals surface area (Å²) < 4.78 is 7.18. The van der Waals surface area contributed by atoms with E-state index >= 15 is 0 Å². The van der Waals surface area contributed by atoms with Gasteiger partial charge in [0.15, 0.2) is 11.0 Å². The summed E-state index contributed by atoms with van der Waals surface area (Å²) in [5, 5.41) is 17.9. The molecule has 136 valence electrons. The topological polar surface area (TPSA) is 85.8 Å². The molecule has 1 saturated carbocycles. The fourth-order valence-corrected chi connectivity index (χ4v) is 4.28. The van der Waals surface area contributed by atoms with E-state index in [4.69, 9.17) is 4.52 Å². The number of thioether (sulfide) groups is 1. The Morgan fingerprint density at radius 3 is 3.00 bits per heavy atom. The van der Waals surface area contributed by atoms with Gasteiger partial charge in [0, 0.05) is 23.4 Å². The number of anilines is 1. The third-order valence-corrected chi connectivity index (χ3v) is 6.02. The van der Waals surface area contributed by atoms with Crippen LogP contribution in [0.1, 0.15) is 42.3 Å². The van der Waals surface area contributed by atoms with E-state index in [2.05, 4.69) is 36.7 Å². The summed E-state index contributed by atoms with van der Waals surface area (Å²) in [4.78, 5) is 13.7. The molecule has 0 aromatic carbocycles. The zero-order chi connectivity index (χ0) is 18.1. The van der Waals surface area contributed by atoms with Gasteiger partial charge in [0.1, 0.15) is 11.6 Å². The van der Waals surface area contributed by atoms with Crippen molar-refractivity contribution in [3.8, 4) is 0 Å². The SMILES string of the molecule is Cc1cc(NC(=O)C(C)Sc2nnc(Cc3cccs3)n2C2CC2)no1. The number of nitrogens with one attached hydrogen (secondary N) is 1. The molecule has 3 heterocycles. The van der Waals surface area contributed by atoms with Gasteiger partial charge in [-0.3, -0.25) is 4.79 Å². The average molecular weight is 390 g/mol. The first-order chi connectivity index (χ1) is 12.6. The Morgan fingerprint density at radius 1 is 1.50 bits per heavy atom. The van der Waals surface area contributed by atoms with Crippen LogP contribution in [0.5, 0.6) is 0 Å². The molecule has 0 aliphatic heterocycles. The minimum Gasteiger partial charge on any atom is -0.360 e. The van der Waals surface area contributed by atoms with Crippen LogP contribution in [0.15, 0.2) is 33.3 Å². The van der Waals surface area contributed by atoms with Crippen LogP contribution in [-0.2, 0) is 11.2 Å². The van der Waals surface area contributed by atoms with Gasteiger partial charge < -0.3 is 14.4 Å². The molecule has 1 unspecified atom stereocenters. The number of hydrogen-bond acceptors (Lipinski definition) is 7. The summed E-state index contributed by atoms with van der Waals surface area (Å²) in [6.45, 7) is 3.64. The van der Waals surface area contributed by atoms with Crippen LogP contribution >= 0.6 is 23.1 Å². The van der Waals surface area contributed by atoms with Gasteiger partial charge in [-0.25, -0.2) is 0 Å². The number of amides is 1. The third kappa shape index (κ3) is 3.83. The molecule has 0 bridgehead atoms. The first kappa shape index (κ1) is 17.3. The normalized spacial score (nSPS) is 15.2. The molecule has 7 nitrogen and oxygen atoms in total. The summed E-state index contributed by atoms with van der Waals surface area (Å²) in [7, 11) is 0. The van der Waals surface area contributed by atoms with Gasteiger partial charge in [0.05, 0.1) is 5.25 Å². The summed E-state index contributed by atoms with van der Waals surface area (Å²) in [6.07, 6.45) is 3.06. The highest BCUT2D eigenvalue weighted by Gasteiger charge is 2.31. The molecule has 3 aromatic heterocycles. The fourth-order valence-electron chi connectivity index (χ4n) is 2.64. The van der Waals surface area contributed by atoms with Crippen LogP contribution in [-0.4, -0.2) is 31.1 Å². The molecule has 1 aliphatic rings. The highest BCUT2D eigenvalue weighted by atomic mass is 32.2. The second-order valence-corrected chi connectivity index (χ2v) is 8.67. The van der Waals surface area contributed by atoms with Crippen LogP contribution in [0.4, 0.5) is 5.82 Å². The van der Waals surface area contributed by atoms with Gasteiger partial charge in [-0.1, -0.05) is 23.0 Å². The third-order valence-electron chi connectivity index (χ3n) is 4.09. The fraction of sp³-hybridized carbons (Fsp3) is 0.412. The monoisotopic (exact) mass is 389 g/mol. The van der Waals surface area contributed by atoms with Crippen molar-refractivity contribution in [3.63, 3.8) is 0 Å². The lowest BCUT2D eigenvalue weighted by Crippen LogP contribution is -2.23. The standard InChI is InChI=1S/C17H19N5O2S2/c1-10-8-14(21-24-10)18-16(23)11(2)26-17-20-19-15(22(17)12-5-6-12)9-13-4-3-7-25-13/h3-4,7-8,11-12H,5-6,9H2,1-2H3,(H,18,21,23). The number of aromatic nitrogens is 4. The number of thiophene rings is 1. The van der Waals surface area contributed by atoms with Crippen molar-refractivity contribution in [1.29, 1.82) is 0 Å². The van der Waals surface area contributed by atoms with E-state index in [9.17, 15) is 4.79 Å². The zero-order valence-electron chi connectivity index (χ0n) is 14.5. The number of carbonyl (C=O) groups excluding carboxylic acids is 1. The Hall–Kier alpha value is -2.13. The van der Waals surface area contributed by atoms with E-state index in [1.54, 1.807) is 24.3 Å². The Bertz CT molecular complexity index is 898. The van der Waals surface area contributed by atoms with E-state index in [-0.39, 0.29) is 11.2 Å². The molecule has 1 amide bonds. The maximum absolute atomic E-state index is 12.4. The molecule has 1 atom stereocenters. The van der Waals surface area contributed by atoms with Crippen molar-refractivity contribution in [2.45, 2.75) is 49.6 Å². The van der Waals surface area contributed by atoms with Gasteiger partial charge in [-0.15, -0.1) is 21.5 Å². The minimum atomic E-state index is -0.316. The number of carbonyl (C=O) groups is 1. The van der Waals surface area contributed by atoms with Gasteiger partial charge >= 0.3 is 0 Å². The summed E-state index contributed by atoms with van der Waals surface area (Å²) >= 11 is 3.15. The van der Waals surface area contributed by atoms with E-state index in [1.165, 1.54) is 16.6 Å². The van der Waals surface area contributed by atoms with Crippen LogP contribution in [0.25, 0.3) is 0 Å². The molecular formula is C17H19N5O2S2. The summed E-state index contributed by atoms with van der Waals surface area (Å²) in [5.41, 5.74) is 0. The first-order valence-corrected chi connectivity index (χ1v) is 10.2. The number of nitrogens with zero attached hydrogens (tertiary/aromatic N) is 4. The molecule has 9 heteroatoms. The second kappa shape index (κ2) is 7.24. The van der Waals surface area contributed by atoms with Crippen molar-refractivity contribution >= 4 is 34.8 Å².